The molecule has 2 aliphatic heterocycles. The van der Waals surface area contributed by atoms with Crippen molar-refractivity contribution >= 4 is 17.8 Å². The first-order chi connectivity index (χ1) is 12.6. The number of amides is 4. The number of nitrogens with zero attached hydrogens (tertiary/aromatic N) is 3. The number of imide groups is 1. The first-order valence-corrected chi connectivity index (χ1v) is 8.66. The number of hydrogen-bond acceptors (Lipinski definition) is 5. The molecule has 0 aliphatic carbocycles. The summed E-state index contributed by atoms with van der Waals surface area (Å²) >= 11 is 0. The third-order valence-corrected chi connectivity index (χ3v) is 4.76. The monoisotopic (exact) mass is 355 g/mol. The van der Waals surface area contributed by atoms with Gasteiger partial charge in [-0.05, 0) is 18.1 Å². The van der Waals surface area contributed by atoms with E-state index in [9.17, 15) is 19.6 Å². The minimum absolute atomic E-state index is 0.00368. The molecule has 2 N–H and O–H groups in total. The molecule has 8 nitrogen and oxygen atoms in total. The zero-order valence-corrected chi connectivity index (χ0v) is 14.4. The Hall–Kier alpha value is -2.92. The van der Waals surface area contributed by atoms with Crippen LogP contribution in [-0.2, 0) is 16.1 Å². The predicted molar refractivity (Wildman–Crippen MR) is 92.7 cm³/mol. The van der Waals surface area contributed by atoms with Gasteiger partial charge in [0, 0.05) is 39.1 Å². The molecular weight excluding hydrogens is 334 g/mol. The summed E-state index contributed by atoms with van der Waals surface area (Å²) in [5.41, 5.74) is 1.68. The van der Waals surface area contributed by atoms with Gasteiger partial charge in [0.15, 0.2) is 0 Å². The van der Waals surface area contributed by atoms with Crippen LogP contribution in [0.25, 0.3) is 0 Å². The van der Waals surface area contributed by atoms with Crippen molar-refractivity contribution < 1.29 is 14.4 Å². The molecule has 2 saturated heterocycles. The number of rotatable bonds is 5. The number of hydrogen-bond donors (Lipinski definition) is 2. The minimum Gasteiger partial charge on any atom is -0.340 e. The highest BCUT2D eigenvalue weighted by atomic mass is 16.2. The quantitative estimate of drug-likeness (QED) is 0.734. The van der Waals surface area contributed by atoms with Gasteiger partial charge in [-0.25, -0.2) is 4.79 Å². The van der Waals surface area contributed by atoms with E-state index in [1.165, 1.54) is 0 Å². The molecule has 1 unspecified atom stereocenters. The molecule has 2 aliphatic rings. The van der Waals surface area contributed by atoms with Gasteiger partial charge in [-0.15, -0.1) is 0 Å². The van der Waals surface area contributed by atoms with E-state index in [-0.39, 0.29) is 18.2 Å². The lowest BCUT2D eigenvalue weighted by Gasteiger charge is -2.35. The maximum atomic E-state index is 12.3. The van der Waals surface area contributed by atoms with Crippen molar-refractivity contribution in [2.45, 2.75) is 25.4 Å². The van der Waals surface area contributed by atoms with Crippen molar-refractivity contribution in [2.75, 3.05) is 26.2 Å². The molecule has 0 spiro atoms. The van der Waals surface area contributed by atoms with Crippen molar-refractivity contribution in [3.05, 3.63) is 35.4 Å². The molecule has 1 aromatic rings. The molecule has 4 amide bonds. The van der Waals surface area contributed by atoms with Crippen molar-refractivity contribution in [2.24, 2.45) is 0 Å². The third kappa shape index (κ3) is 4.18. The van der Waals surface area contributed by atoms with Gasteiger partial charge in [-0.1, -0.05) is 18.2 Å². The second-order valence-corrected chi connectivity index (χ2v) is 6.48. The van der Waals surface area contributed by atoms with Crippen LogP contribution in [0.2, 0.25) is 0 Å². The van der Waals surface area contributed by atoms with E-state index in [4.69, 9.17) is 0 Å². The Morgan fingerprint density at radius 1 is 1.19 bits per heavy atom. The van der Waals surface area contributed by atoms with Crippen LogP contribution in [0, 0.1) is 11.3 Å². The molecule has 1 aromatic carbocycles. The van der Waals surface area contributed by atoms with Crippen LogP contribution in [0.4, 0.5) is 4.79 Å². The number of piperazine rings is 1. The topological polar surface area (TPSA) is 106 Å². The van der Waals surface area contributed by atoms with E-state index in [1.807, 2.05) is 24.3 Å². The summed E-state index contributed by atoms with van der Waals surface area (Å²) in [5.74, 6) is -0.375. The van der Waals surface area contributed by atoms with Gasteiger partial charge in [0.05, 0.1) is 11.6 Å². The first kappa shape index (κ1) is 17.9. The van der Waals surface area contributed by atoms with Crippen LogP contribution in [0.5, 0.6) is 0 Å². The van der Waals surface area contributed by atoms with E-state index in [1.54, 1.807) is 4.90 Å². The van der Waals surface area contributed by atoms with Crippen molar-refractivity contribution in [3.8, 4) is 6.07 Å². The third-order valence-electron chi connectivity index (χ3n) is 4.76. The van der Waals surface area contributed by atoms with Gasteiger partial charge in [0.25, 0.3) is 5.91 Å². The minimum atomic E-state index is -0.616. The standard InChI is InChI=1S/C18H21N5O3/c19-11-13-3-1-2-4-14(13)12-22-7-9-23(10-8-22)16(24)6-5-15-17(25)21-18(26)20-15/h1-4,15H,5-10,12H2,(H2,20,21,25,26). The Morgan fingerprint density at radius 2 is 1.92 bits per heavy atom. The molecule has 0 aromatic heterocycles. The number of nitrogens with one attached hydrogen (secondary N) is 2. The van der Waals surface area contributed by atoms with Gasteiger partial charge in [0.2, 0.25) is 5.91 Å². The molecular formula is C18H21N5O3. The SMILES string of the molecule is N#Cc1ccccc1CN1CCN(C(=O)CCC2NC(=O)NC2=O)CC1. The predicted octanol–water partition coefficient (Wildman–Crippen LogP) is 0.191. The average molecular weight is 355 g/mol. The lowest BCUT2D eigenvalue weighted by atomic mass is 10.1. The zero-order chi connectivity index (χ0) is 18.5. The zero-order valence-electron chi connectivity index (χ0n) is 14.4. The Bertz CT molecular complexity index is 749. The molecule has 2 fully saturated rings. The summed E-state index contributed by atoms with van der Waals surface area (Å²) < 4.78 is 0. The lowest BCUT2D eigenvalue weighted by molar-refractivity contribution is -0.133. The number of nitriles is 1. The highest BCUT2D eigenvalue weighted by molar-refractivity contribution is 6.04. The normalized spacial score (nSPS) is 20.4. The van der Waals surface area contributed by atoms with Gasteiger partial charge in [-0.3, -0.25) is 19.8 Å². The van der Waals surface area contributed by atoms with Crippen molar-refractivity contribution in [1.82, 2.24) is 20.4 Å². The number of urea groups is 1. The van der Waals surface area contributed by atoms with E-state index < -0.39 is 12.1 Å². The van der Waals surface area contributed by atoms with Crippen molar-refractivity contribution in [3.63, 3.8) is 0 Å². The van der Waals surface area contributed by atoms with Crippen LogP contribution >= 0.6 is 0 Å². The summed E-state index contributed by atoms with van der Waals surface area (Å²) in [7, 11) is 0. The van der Waals surface area contributed by atoms with Gasteiger partial charge in [0.1, 0.15) is 6.04 Å². The second-order valence-electron chi connectivity index (χ2n) is 6.48. The fraction of sp³-hybridized carbons (Fsp3) is 0.444. The maximum Gasteiger partial charge on any atom is 0.322 e. The van der Waals surface area contributed by atoms with Crippen molar-refractivity contribution in [1.29, 1.82) is 5.26 Å². The lowest BCUT2D eigenvalue weighted by Crippen LogP contribution is -2.48. The van der Waals surface area contributed by atoms with Gasteiger partial charge >= 0.3 is 6.03 Å². The van der Waals surface area contributed by atoms with E-state index >= 15 is 0 Å². The fourth-order valence-electron chi connectivity index (χ4n) is 3.25. The molecule has 1 atom stereocenters. The highest BCUT2D eigenvalue weighted by Gasteiger charge is 2.30. The molecule has 0 radical (unpaired) electrons. The van der Waals surface area contributed by atoms with Crippen LogP contribution in [-0.4, -0.2) is 59.9 Å². The number of carbonyl (C=O) groups is 3. The summed E-state index contributed by atoms with van der Waals surface area (Å²) in [6.07, 6.45) is 0.543. The summed E-state index contributed by atoms with van der Waals surface area (Å²) in [6, 6.07) is 8.64. The number of benzene rings is 1. The average Bonchev–Trinajstić information content (AvgIpc) is 2.98. The molecule has 2 heterocycles. The van der Waals surface area contributed by atoms with Crippen LogP contribution < -0.4 is 10.6 Å². The molecule has 0 saturated carbocycles. The Morgan fingerprint density at radius 3 is 2.58 bits per heavy atom. The van der Waals surface area contributed by atoms with Crippen LogP contribution in [0.1, 0.15) is 24.0 Å². The smallest absolute Gasteiger partial charge is 0.322 e. The molecule has 136 valence electrons. The highest BCUT2D eigenvalue weighted by Crippen LogP contribution is 2.14. The molecule has 26 heavy (non-hydrogen) atoms. The Kier molecular flexibility index (Phi) is 5.49. The molecule has 0 bridgehead atoms. The second kappa shape index (κ2) is 7.97. The van der Waals surface area contributed by atoms with Gasteiger partial charge in [-0.2, -0.15) is 5.26 Å². The van der Waals surface area contributed by atoms with Gasteiger partial charge < -0.3 is 10.2 Å². The maximum absolute atomic E-state index is 12.3. The van der Waals surface area contributed by atoms with E-state index in [0.29, 0.717) is 31.6 Å². The summed E-state index contributed by atoms with van der Waals surface area (Å²) in [5, 5.41) is 13.8. The number of carbonyl (C=O) groups excluding carboxylic acids is 3. The van der Waals surface area contributed by atoms with Crippen LogP contribution in [0.15, 0.2) is 24.3 Å². The largest absolute Gasteiger partial charge is 0.340 e. The summed E-state index contributed by atoms with van der Waals surface area (Å²) in [6.45, 7) is 3.42. The fourth-order valence-corrected chi connectivity index (χ4v) is 3.25. The Labute approximate surface area is 151 Å². The van der Waals surface area contributed by atoms with E-state index in [2.05, 4.69) is 21.6 Å². The summed E-state index contributed by atoms with van der Waals surface area (Å²) in [4.78, 5) is 38.9. The molecule has 3 rings (SSSR count). The van der Waals surface area contributed by atoms with E-state index in [0.717, 1.165) is 18.7 Å². The van der Waals surface area contributed by atoms with Crippen LogP contribution in [0.3, 0.4) is 0 Å². The Balaban J connectivity index is 1.44. The first-order valence-electron chi connectivity index (χ1n) is 8.66. The molecule has 8 heteroatoms.